The van der Waals surface area contributed by atoms with Gasteiger partial charge in [-0.1, -0.05) is 0 Å². The third-order valence-electron chi connectivity index (χ3n) is 2.66. The fourth-order valence-electron chi connectivity index (χ4n) is 1.71. The van der Waals surface area contributed by atoms with E-state index in [1.807, 2.05) is 0 Å². The minimum Gasteiger partial charge on any atom is -0.396 e. The molecule has 0 aromatic carbocycles. The average molecular weight is 187 g/mol. The highest BCUT2D eigenvalue weighted by Gasteiger charge is 2.26. The van der Waals surface area contributed by atoms with Gasteiger partial charge >= 0.3 is 0 Å². The Morgan fingerprint density at radius 2 is 1.92 bits per heavy atom. The number of hydrogen-bond donors (Lipinski definition) is 3. The number of aliphatic hydroxyl groups excluding tert-OH is 2. The maximum Gasteiger partial charge on any atom is 0.0546 e. The van der Waals surface area contributed by atoms with Crippen LogP contribution in [0.2, 0.25) is 0 Å². The Bertz CT molecular complexity index is 124. The highest BCUT2D eigenvalue weighted by atomic mass is 16.3. The Morgan fingerprint density at radius 1 is 1.15 bits per heavy atom. The zero-order valence-electron chi connectivity index (χ0n) is 8.21. The van der Waals surface area contributed by atoms with Gasteiger partial charge in [-0.05, 0) is 51.1 Å². The van der Waals surface area contributed by atoms with Crippen molar-refractivity contribution in [1.82, 2.24) is 5.32 Å². The van der Waals surface area contributed by atoms with E-state index in [4.69, 9.17) is 10.2 Å². The number of aliphatic hydroxyl groups is 2. The van der Waals surface area contributed by atoms with Gasteiger partial charge < -0.3 is 15.5 Å². The molecule has 1 aliphatic rings. The predicted octanol–water partition coefficient (Wildman–Crippen LogP) is 0.509. The second-order valence-corrected chi connectivity index (χ2v) is 3.98. The van der Waals surface area contributed by atoms with Gasteiger partial charge in [-0.15, -0.1) is 0 Å². The van der Waals surface area contributed by atoms with Crippen LogP contribution in [-0.4, -0.2) is 36.0 Å². The van der Waals surface area contributed by atoms with Gasteiger partial charge in [0.2, 0.25) is 0 Å². The van der Waals surface area contributed by atoms with Crippen molar-refractivity contribution < 1.29 is 10.2 Å². The molecule has 0 unspecified atom stereocenters. The van der Waals surface area contributed by atoms with E-state index in [2.05, 4.69) is 5.32 Å². The quantitative estimate of drug-likeness (QED) is 0.509. The molecule has 13 heavy (non-hydrogen) atoms. The molecule has 1 saturated carbocycles. The molecule has 0 radical (unpaired) electrons. The van der Waals surface area contributed by atoms with Crippen molar-refractivity contribution in [3.05, 3.63) is 0 Å². The molecule has 1 aliphatic carbocycles. The first-order chi connectivity index (χ1) is 6.33. The molecule has 0 bridgehead atoms. The monoisotopic (exact) mass is 187 g/mol. The standard InChI is InChI=1S/C10H21NO2/c12-5-3-1-2-4-11-8-9-6-10(13)7-9/h9-13H,1-8H2. The maximum absolute atomic E-state index is 9.04. The molecule has 0 aromatic heterocycles. The summed E-state index contributed by atoms with van der Waals surface area (Å²) in [7, 11) is 0. The van der Waals surface area contributed by atoms with E-state index in [1.54, 1.807) is 0 Å². The molecule has 0 spiro atoms. The van der Waals surface area contributed by atoms with Gasteiger partial charge in [0, 0.05) is 6.61 Å². The molecule has 0 amide bonds. The van der Waals surface area contributed by atoms with Crippen LogP contribution >= 0.6 is 0 Å². The lowest BCUT2D eigenvalue weighted by Gasteiger charge is -2.31. The molecule has 3 heteroatoms. The topological polar surface area (TPSA) is 52.5 Å². The van der Waals surface area contributed by atoms with Crippen LogP contribution in [0.5, 0.6) is 0 Å². The van der Waals surface area contributed by atoms with Crippen LogP contribution in [0.1, 0.15) is 32.1 Å². The van der Waals surface area contributed by atoms with Crippen LogP contribution in [0.15, 0.2) is 0 Å². The fraction of sp³-hybridized carbons (Fsp3) is 1.00. The van der Waals surface area contributed by atoms with Crippen molar-refractivity contribution in [3.63, 3.8) is 0 Å². The molecular weight excluding hydrogens is 166 g/mol. The minimum atomic E-state index is -0.0267. The zero-order chi connectivity index (χ0) is 9.52. The largest absolute Gasteiger partial charge is 0.396 e. The molecular formula is C10H21NO2. The minimum absolute atomic E-state index is 0.0267. The second-order valence-electron chi connectivity index (χ2n) is 3.98. The zero-order valence-corrected chi connectivity index (χ0v) is 8.21. The Kier molecular flexibility index (Phi) is 5.35. The average Bonchev–Trinajstić information content (AvgIpc) is 2.07. The SMILES string of the molecule is OCCCCCNCC1CC(O)C1. The number of nitrogens with one attached hydrogen (secondary N) is 1. The van der Waals surface area contributed by atoms with Crippen molar-refractivity contribution >= 4 is 0 Å². The molecule has 1 rings (SSSR count). The summed E-state index contributed by atoms with van der Waals surface area (Å²) in [5.41, 5.74) is 0. The molecule has 78 valence electrons. The third kappa shape index (κ3) is 4.60. The van der Waals surface area contributed by atoms with E-state index in [0.29, 0.717) is 12.5 Å². The number of unbranched alkanes of at least 4 members (excludes halogenated alkanes) is 2. The first-order valence-electron chi connectivity index (χ1n) is 5.32. The van der Waals surface area contributed by atoms with E-state index in [-0.39, 0.29) is 6.10 Å². The summed E-state index contributed by atoms with van der Waals surface area (Å²) < 4.78 is 0. The van der Waals surface area contributed by atoms with Gasteiger partial charge in [0.25, 0.3) is 0 Å². The van der Waals surface area contributed by atoms with Gasteiger partial charge in [-0.3, -0.25) is 0 Å². The molecule has 0 aromatic rings. The van der Waals surface area contributed by atoms with Crippen LogP contribution in [0, 0.1) is 5.92 Å². The van der Waals surface area contributed by atoms with Crippen molar-refractivity contribution in [3.8, 4) is 0 Å². The van der Waals surface area contributed by atoms with Crippen LogP contribution in [-0.2, 0) is 0 Å². The van der Waals surface area contributed by atoms with Crippen LogP contribution in [0.25, 0.3) is 0 Å². The van der Waals surface area contributed by atoms with Crippen LogP contribution in [0.3, 0.4) is 0 Å². The van der Waals surface area contributed by atoms with Gasteiger partial charge in [-0.25, -0.2) is 0 Å². The van der Waals surface area contributed by atoms with Crippen molar-refractivity contribution in [1.29, 1.82) is 0 Å². The third-order valence-corrected chi connectivity index (χ3v) is 2.66. The Labute approximate surface area is 80.2 Å². The van der Waals surface area contributed by atoms with E-state index >= 15 is 0 Å². The first-order valence-corrected chi connectivity index (χ1v) is 5.32. The summed E-state index contributed by atoms with van der Waals surface area (Å²) in [5, 5.41) is 20.9. The first kappa shape index (κ1) is 11.0. The van der Waals surface area contributed by atoms with Gasteiger partial charge in [0.05, 0.1) is 6.10 Å². The summed E-state index contributed by atoms with van der Waals surface area (Å²) in [5.74, 6) is 0.702. The Hall–Kier alpha value is -0.120. The lowest BCUT2D eigenvalue weighted by molar-refractivity contribution is 0.0431. The van der Waals surface area contributed by atoms with Crippen molar-refractivity contribution in [2.45, 2.75) is 38.2 Å². The Morgan fingerprint density at radius 3 is 2.54 bits per heavy atom. The van der Waals surface area contributed by atoms with Gasteiger partial charge in [0.1, 0.15) is 0 Å². The molecule has 1 fully saturated rings. The van der Waals surface area contributed by atoms with Crippen LogP contribution in [0.4, 0.5) is 0 Å². The lowest BCUT2D eigenvalue weighted by Crippen LogP contribution is -2.36. The molecule has 0 aliphatic heterocycles. The highest BCUT2D eigenvalue weighted by molar-refractivity contribution is 4.79. The highest BCUT2D eigenvalue weighted by Crippen LogP contribution is 2.25. The second kappa shape index (κ2) is 6.35. The molecule has 0 atom stereocenters. The van der Waals surface area contributed by atoms with Crippen LogP contribution < -0.4 is 5.32 Å². The summed E-state index contributed by atoms with van der Waals surface area (Å²) in [6.07, 6.45) is 5.10. The molecule has 3 nitrogen and oxygen atoms in total. The van der Waals surface area contributed by atoms with E-state index in [1.165, 1.54) is 0 Å². The summed E-state index contributed by atoms with van der Waals surface area (Å²) in [6, 6.07) is 0. The lowest BCUT2D eigenvalue weighted by atomic mass is 9.82. The fourth-order valence-corrected chi connectivity index (χ4v) is 1.71. The Balaban J connectivity index is 1.74. The normalized spacial score (nSPS) is 27.2. The number of rotatable bonds is 7. The van der Waals surface area contributed by atoms with Crippen molar-refractivity contribution in [2.24, 2.45) is 5.92 Å². The summed E-state index contributed by atoms with van der Waals surface area (Å²) in [6.45, 7) is 2.41. The number of hydrogen-bond acceptors (Lipinski definition) is 3. The molecule has 3 N–H and O–H groups in total. The molecule has 0 saturated heterocycles. The van der Waals surface area contributed by atoms with Gasteiger partial charge in [0.15, 0.2) is 0 Å². The molecule has 0 heterocycles. The van der Waals surface area contributed by atoms with Gasteiger partial charge in [-0.2, -0.15) is 0 Å². The smallest absolute Gasteiger partial charge is 0.0546 e. The van der Waals surface area contributed by atoms with E-state index < -0.39 is 0 Å². The van der Waals surface area contributed by atoms with Crippen molar-refractivity contribution in [2.75, 3.05) is 19.7 Å². The van der Waals surface area contributed by atoms with E-state index in [9.17, 15) is 0 Å². The van der Waals surface area contributed by atoms with E-state index in [0.717, 1.165) is 45.2 Å². The predicted molar refractivity (Wildman–Crippen MR) is 52.5 cm³/mol. The summed E-state index contributed by atoms with van der Waals surface area (Å²) >= 11 is 0. The summed E-state index contributed by atoms with van der Waals surface area (Å²) in [4.78, 5) is 0. The maximum atomic E-state index is 9.04.